The van der Waals surface area contributed by atoms with Crippen LogP contribution in [0.3, 0.4) is 0 Å². The van der Waals surface area contributed by atoms with Gasteiger partial charge < -0.3 is 19.9 Å². The molecule has 1 aliphatic rings. The summed E-state index contributed by atoms with van der Waals surface area (Å²) < 4.78 is 23.9. The quantitative estimate of drug-likeness (QED) is 0.838. The molecule has 0 saturated heterocycles. The molecule has 2 atom stereocenters. The Kier molecular flexibility index (Phi) is 5.76. The van der Waals surface area contributed by atoms with Crippen LogP contribution in [0.5, 0.6) is 5.75 Å². The van der Waals surface area contributed by atoms with E-state index in [0.717, 1.165) is 24.2 Å². The first kappa shape index (κ1) is 15.2. The molecule has 1 aromatic carbocycles. The van der Waals surface area contributed by atoms with Gasteiger partial charge in [-0.05, 0) is 44.0 Å². The molecule has 0 aliphatic carbocycles. The van der Waals surface area contributed by atoms with Crippen LogP contribution in [0.4, 0.5) is 4.39 Å². The number of hydrogen-bond acceptors (Lipinski definition) is 4. The van der Waals surface area contributed by atoms with Crippen molar-refractivity contribution < 1.29 is 19.0 Å². The number of methoxy groups -OCH3 is 1. The highest BCUT2D eigenvalue weighted by atomic mass is 19.1. The molecule has 0 radical (unpaired) electrons. The fraction of sp³-hybridized carbons (Fsp3) is 0.600. The summed E-state index contributed by atoms with van der Waals surface area (Å²) >= 11 is 0. The standard InChI is InChI=1S/C15H22FNO3/c1-19-10-12(18)6-7-17-14-3-2-8-20-15-5-4-11(16)9-13(14)15/h4-5,9,12,14,17-18H,2-3,6-8,10H2,1H3. The second-order valence-electron chi connectivity index (χ2n) is 5.08. The van der Waals surface area contributed by atoms with Crippen molar-refractivity contribution in [1.82, 2.24) is 5.32 Å². The van der Waals surface area contributed by atoms with Crippen LogP contribution in [0.15, 0.2) is 18.2 Å². The SMILES string of the molecule is COCC(O)CCNC1CCCOc2ccc(F)cc21. The topological polar surface area (TPSA) is 50.7 Å². The van der Waals surface area contributed by atoms with Crippen LogP contribution in [-0.4, -0.2) is 38.1 Å². The summed E-state index contributed by atoms with van der Waals surface area (Å²) in [7, 11) is 1.57. The van der Waals surface area contributed by atoms with E-state index in [1.165, 1.54) is 12.1 Å². The van der Waals surface area contributed by atoms with Crippen LogP contribution in [0.25, 0.3) is 0 Å². The van der Waals surface area contributed by atoms with Crippen LogP contribution >= 0.6 is 0 Å². The van der Waals surface area contributed by atoms with Crippen molar-refractivity contribution in [2.24, 2.45) is 0 Å². The first-order valence-electron chi connectivity index (χ1n) is 7.03. The lowest BCUT2D eigenvalue weighted by molar-refractivity contribution is 0.0589. The molecule has 0 aromatic heterocycles. The molecule has 112 valence electrons. The zero-order valence-corrected chi connectivity index (χ0v) is 11.8. The van der Waals surface area contributed by atoms with E-state index in [2.05, 4.69) is 5.32 Å². The Bertz CT molecular complexity index is 428. The second-order valence-corrected chi connectivity index (χ2v) is 5.08. The second kappa shape index (κ2) is 7.57. The van der Waals surface area contributed by atoms with E-state index in [0.29, 0.717) is 26.2 Å². The lowest BCUT2D eigenvalue weighted by atomic mass is 10.0. The third-order valence-electron chi connectivity index (χ3n) is 3.47. The summed E-state index contributed by atoms with van der Waals surface area (Å²) in [5, 5.41) is 13.0. The Balaban J connectivity index is 1.96. The van der Waals surface area contributed by atoms with Crippen LogP contribution in [0.1, 0.15) is 30.9 Å². The van der Waals surface area contributed by atoms with Gasteiger partial charge in [0.1, 0.15) is 11.6 Å². The summed E-state index contributed by atoms with van der Waals surface area (Å²) in [4.78, 5) is 0. The third kappa shape index (κ3) is 4.16. The van der Waals surface area contributed by atoms with E-state index in [1.807, 2.05) is 0 Å². The summed E-state index contributed by atoms with van der Waals surface area (Å²) in [6.07, 6.45) is 1.96. The predicted octanol–water partition coefficient (Wildman–Crippen LogP) is 2.03. The number of hydrogen-bond donors (Lipinski definition) is 2. The smallest absolute Gasteiger partial charge is 0.124 e. The molecular formula is C15H22FNO3. The third-order valence-corrected chi connectivity index (χ3v) is 3.47. The van der Waals surface area contributed by atoms with Gasteiger partial charge in [0, 0.05) is 18.7 Å². The monoisotopic (exact) mass is 283 g/mol. The summed E-state index contributed by atoms with van der Waals surface area (Å²) in [6.45, 7) is 1.65. The highest BCUT2D eigenvalue weighted by molar-refractivity contribution is 5.37. The van der Waals surface area contributed by atoms with Gasteiger partial charge in [-0.2, -0.15) is 0 Å². The minimum absolute atomic E-state index is 0.0675. The van der Waals surface area contributed by atoms with Crippen molar-refractivity contribution in [1.29, 1.82) is 0 Å². The highest BCUT2D eigenvalue weighted by Crippen LogP contribution is 2.31. The molecule has 2 N–H and O–H groups in total. The zero-order chi connectivity index (χ0) is 14.4. The molecule has 2 unspecified atom stereocenters. The maximum absolute atomic E-state index is 13.4. The van der Waals surface area contributed by atoms with Crippen molar-refractivity contribution in [3.8, 4) is 5.75 Å². The molecule has 5 heteroatoms. The largest absolute Gasteiger partial charge is 0.493 e. The zero-order valence-electron chi connectivity index (χ0n) is 11.8. The van der Waals surface area contributed by atoms with Crippen LogP contribution in [0, 0.1) is 5.82 Å². The molecule has 1 heterocycles. The van der Waals surface area contributed by atoms with Crippen LogP contribution in [-0.2, 0) is 4.74 Å². The van der Waals surface area contributed by atoms with E-state index in [9.17, 15) is 9.50 Å². The summed E-state index contributed by atoms with van der Waals surface area (Å²) in [5.74, 6) is 0.499. The summed E-state index contributed by atoms with van der Waals surface area (Å²) in [5.41, 5.74) is 0.865. The molecule has 2 rings (SSSR count). The molecule has 0 spiro atoms. The van der Waals surface area contributed by atoms with Crippen LogP contribution < -0.4 is 10.1 Å². The number of ether oxygens (including phenoxy) is 2. The molecular weight excluding hydrogens is 261 g/mol. The average Bonchev–Trinajstić information content (AvgIpc) is 2.62. The van der Waals surface area contributed by atoms with E-state index in [4.69, 9.17) is 9.47 Å². The molecule has 0 fully saturated rings. The molecule has 0 bridgehead atoms. The molecule has 0 saturated carbocycles. The number of nitrogens with one attached hydrogen (secondary N) is 1. The van der Waals surface area contributed by atoms with Crippen molar-refractivity contribution >= 4 is 0 Å². The van der Waals surface area contributed by atoms with Gasteiger partial charge in [-0.3, -0.25) is 0 Å². The van der Waals surface area contributed by atoms with Gasteiger partial charge in [0.2, 0.25) is 0 Å². The Hall–Kier alpha value is -1.17. The molecule has 1 aromatic rings. The van der Waals surface area contributed by atoms with Gasteiger partial charge in [-0.15, -0.1) is 0 Å². The van der Waals surface area contributed by atoms with E-state index >= 15 is 0 Å². The minimum Gasteiger partial charge on any atom is -0.493 e. The van der Waals surface area contributed by atoms with Gasteiger partial charge in [0.25, 0.3) is 0 Å². The summed E-state index contributed by atoms with van der Waals surface area (Å²) in [6, 6.07) is 4.70. The van der Waals surface area contributed by atoms with Crippen molar-refractivity contribution in [3.63, 3.8) is 0 Å². The number of aliphatic hydroxyl groups excluding tert-OH is 1. The molecule has 0 amide bonds. The first-order valence-corrected chi connectivity index (χ1v) is 7.03. The van der Waals surface area contributed by atoms with Gasteiger partial charge in [0.15, 0.2) is 0 Å². The van der Waals surface area contributed by atoms with Crippen molar-refractivity contribution in [2.75, 3.05) is 26.9 Å². The van der Waals surface area contributed by atoms with E-state index in [-0.39, 0.29) is 11.9 Å². The fourth-order valence-corrected chi connectivity index (χ4v) is 2.46. The lowest BCUT2D eigenvalue weighted by Crippen LogP contribution is -2.27. The number of benzene rings is 1. The van der Waals surface area contributed by atoms with Gasteiger partial charge in [0.05, 0.1) is 19.3 Å². The first-order chi connectivity index (χ1) is 9.70. The van der Waals surface area contributed by atoms with E-state index in [1.54, 1.807) is 13.2 Å². The van der Waals surface area contributed by atoms with Crippen molar-refractivity contribution in [2.45, 2.75) is 31.4 Å². The number of halogens is 1. The van der Waals surface area contributed by atoms with E-state index < -0.39 is 6.10 Å². The minimum atomic E-state index is -0.471. The van der Waals surface area contributed by atoms with Crippen molar-refractivity contribution in [3.05, 3.63) is 29.6 Å². The number of rotatable bonds is 6. The molecule has 1 aliphatic heterocycles. The Morgan fingerprint density at radius 1 is 1.55 bits per heavy atom. The Morgan fingerprint density at radius 3 is 3.20 bits per heavy atom. The fourth-order valence-electron chi connectivity index (χ4n) is 2.46. The number of fused-ring (bicyclic) bond motifs is 1. The number of aliphatic hydroxyl groups is 1. The normalized spacial score (nSPS) is 19.9. The van der Waals surface area contributed by atoms with Crippen LogP contribution in [0.2, 0.25) is 0 Å². The van der Waals surface area contributed by atoms with Gasteiger partial charge >= 0.3 is 0 Å². The lowest BCUT2D eigenvalue weighted by Gasteiger charge is -2.19. The average molecular weight is 283 g/mol. The maximum atomic E-state index is 13.4. The highest BCUT2D eigenvalue weighted by Gasteiger charge is 2.20. The maximum Gasteiger partial charge on any atom is 0.124 e. The van der Waals surface area contributed by atoms with Gasteiger partial charge in [-0.25, -0.2) is 4.39 Å². The Labute approximate surface area is 118 Å². The predicted molar refractivity (Wildman–Crippen MR) is 74.4 cm³/mol. The molecule has 4 nitrogen and oxygen atoms in total. The van der Waals surface area contributed by atoms with Gasteiger partial charge in [-0.1, -0.05) is 0 Å². The Morgan fingerprint density at radius 2 is 2.40 bits per heavy atom. The molecule has 20 heavy (non-hydrogen) atoms.